The number of nitrogens with zero attached hydrogens (tertiary/aromatic N) is 2. The molecule has 2 aromatic rings. The van der Waals surface area contributed by atoms with Crippen molar-refractivity contribution >= 4 is 17.3 Å². The number of benzene rings is 1. The Kier molecular flexibility index (Phi) is 4.32. The molecule has 1 heterocycles. The first-order chi connectivity index (χ1) is 9.95. The Morgan fingerprint density at radius 3 is 2.86 bits per heavy atom. The molecule has 0 spiro atoms. The average Bonchev–Trinajstić information content (AvgIpc) is 2.41. The lowest BCUT2D eigenvalue weighted by atomic mass is 10.2. The summed E-state index contributed by atoms with van der Waals surface area (Å²) in [6.07, 6.45) is 1.48. The number of carbonyl (C=O) groups is 1. The summed E-state index contributed by atoms with van der Waals surface area (Å²) in [5.74, 6) is -0.788. The molecule has 0 bridgehead atoms. The van der Waals surface area contributed by atoms with Gasteiger partial charge in [0.2, 0.25) is 5.91 Å². The molecule has 0 unspecified atom stereocenters. The first kappa shape index (κ1) is 14.7. The summed E-state index contributed by atoms with van der Waals surface area (Å²) in [6.45, 7) is 1.93. The summed E-state index contributed by atoms with van der Waals surface area (Å²) in [7, 11) is 0. The summed E-state index contributed by atoms with van der Waals surface area (Å²) in [6, 6.07) is 5.13. The van der Waals surface area contributed by atoms with Gasteiger partial charge in [-0.1, -0.05) is 0 Å². The summed E-state index contributed by atoms with van der Waals surface area (Å²) in [5, 5.41) is 2.57. The van der Waals surface area contributed by atoms with Crippen LogP contribution in [0.3, 0.4) is 0 Å². The Balaban J connectivity index is 1.97. The molecule has 1 aromatic heterocycles. The summed E-state index contributed by atoms with van der Waals surface area (Å²) >= 11 is 0. The van der Waals surface area contributed by atoms with Gasteiger partial charge in [-0.15, -0.1) is 0 Å². The molecule has 0 aliphatic rings. The molecular weight excluding hydrogens is 275 g/mol. The van der Waals surface area contributed by atoms with Gasteiger partial charge in [0, 0.05) is 24.7 Å². The molecule has 7 heteroatoms. The lowest BCUT2D eigenvalue weighted by molar-refractivity contribution is -0.116. The molecule has 0 saturated heterocycles. The van der Waals surface area contributed by atoms with Gasteiger partial charge < -0.3 is 11.1 Å². The van der Waals surface area contributed by atoms with Crippen LogP contribution in [0.5, 0.6) is 0 Å². The van der Waals surface area contributed by atoms with E-state index in [0.29, 0.717) is 11.4 Å². The zero-order chi connectivity index (χ0) is 15.4. The maximum atomic E-state index is 12.9. The maximum absolute atomic E-state index is 12.9. The maximum Gasteiger partial charge on any atom is 0.253 e. The summed E-state index contributed by atoms with van der Waals surface area (Å²) in [5.41, 5.74) is 6.50. The van der Waals surface area contributed by atoms with Crippen LogP contribution in [0.4, 0.5) is 15.8 Å². The molecular formula is C14H15FN4O2. The Morgan fingerprint density at radius 2 is 2.19 bits per heavy atom. The van der Waals surface area contributed by atoms with Crippen molar-refractivity contribution in [3.63, 3.8) is 0 Å². The van der Waals surface area contributed by atoms with Crippen LogP contribution >= 0.6 is 0 Å². The van der Waals surface area contributed by atoms with Crippen molar-refractivity contribution in [2.24, 2.45) is 0 Å². The molecule has 1 amide bonds. The van der Waals surface area contributed by atoms with Crippen molar-refractivity contribution in [2.75, 3.05) is 11.1 Å². The van der Waals surface area contributed by atoms with Crippen molar-refractivity contribution in [3.8, 4) is 0 Å². The van der Waals surface area contributed by atoms with E-state index < -0.39 is 5.82 Å². The van der Waals surface area contributed by atoms with Crippen LogP contribution in [0, 0.1) is 12.7 Å². The Morgan fingerprint density at radius 1 is 1.43 bits per heavy atom. The highest BCUT2D eigenvalue weighted by Gasteiger charge is 2.07. The molecule has 21 heavy (non-hydrogen) atoms. The lowest BCUT2D eigenvalue weighted by Gasteiger charge is -2.09. The number of nitrogens with one attached hydrogen (secondary N) is 1. The zero-order valence-corrected chi connectivity index (χ0v) is 11.5. The van der Waals surface area contributed by atoms with Crippen LogP contribution in [-0.2, 0) is 11.3 Å². The molecule has 0 saturated carbocycles. The number of halogens is 1. The second-order valence-electron chi connectivity index (χ2n) is 4.59. The van der Waals surface area contributed by atoms with Crippen LogP contribution in [0.25, 0.3) is 0 Å². The number of nitrogen functional groups attached to an aromatic ring is 1. The summed E-state index contributed by atoms with van der Waals surface area (Å²) < 4.78 is 14.2. The van der Waals surface area contributed by atoms with Gasteiger partial charge in [-0.05, 0) is 25.1 Å². The third-order valence-electron chi connectivity index (χ3n) is 2.88. The van der Waals surface area contributed by atoms with Crippen molar-refractivity contribution in [1.29, 1.82) is 0 Å². The summed E-state index contributed by atoms with van der Waals surface area (Å²) in [4.78, 5) is 27.4. The smallest absolute Gasteiger partial charge is 0.253 e. The number of carbonyl (C=O) groups excluding carboxylic acids is 1. The quantitative estimate of drug-likeness (QED) is 0.830. The minimum absolute atomic E-state index is 0.0848. The third kappa shape index (κ3) is 3.88. The fourth-order valence-corrected chi connectivity index (χ4v) is 1.77. The molecule has 0 aliphatic carbocycles. The van der Waals surface area contributed by atoms with Gasteiger partial charge in [0.25, 0.3) is 5.56 Å². The van der Waals surface area contributed by atoms with Crippen LogP contribution in [-0.4, -0.2) is 15.5 Å². The largest absolute Gasteiger partial charge is 0.397 e. The first-order valence-electron chi connectivity index (χ1n) is 6.33. The van der Waals surface area contributed by atoms with E-state index in [1.807, 2.05) is 0 Å². The molecule has 110 valence electrons. The number of rotatable bonds is 4. The van der Waals surface area contributed by atoms with Gasteiger partial charge in [-0.3, -0.25) is 14.2 Å². The fraction of sp³-hybridized carbons (Fsp3) is 0.214. The number of aromatic nitrogens is 2. The fourth-order valence-electron chi connectivity index (χ4n) is 1.77. The molecule has 0 fully saturated rings. The molecule has 0 radical (unpaired) electrons. The lowest BCUT2D eigenvalue weighted by Crippen LogP contribution is -2.23. The number of aryl methyl sites for hydroxylation is 2. The van der Waals surface area contributed by atoms with E-state index in [4.69, 9.17) is 5.73 Å². The Bertz CT molecular complexity index is 727. The zero-order valence-electron chi connectivity index (χ0n) is 11.5. The number of nitrogens with two attached hydrogens (primary N) is 1. The van der Waals surface area contributed by atoms with Crippen molar-refractivity contribution in [2.45, 2.75) is 19.9 Å². The highest BCUT2D eigenvalue weighted by atomic mass is 19.1. The number of anilines is 2. The van der Waals surface area contributed by atoms with E-state index in [2.05, 4.69) is 10.3 Å². The molecule has 2 rings (SSSR count). The van der Waals surface area contributed by atoms with Crippen LogP contribution in [0.15, 0.2) is 35.4 Å². The molecule has 1 aromatic carbocycles. The van der Waals surface area contributed by atoms with Gasteiger partial charge in [0.05, 0.1) is 17.7 Å². The predicted octanol–water partition coefficient (Wildman–Crippen LogP) is 1.30. The van der Waals surface area contributed by atoms with Crippen LogP contribution in [0.2, 0.25) is 0 Å². The van der Waals surface area contributed by atoms with Crippen molar-refractivity contribution < 1.29 is 9.18 Å². The van der Waals surface area contributed by atoms with Gasteiger partial charge in [-0.2, -0.15) is 0 Å². The predicted molar refractivity (Wildman–Crippen MR) is 77.3 cm³/mol. The van der Waals surface area contributed by atoms with Gasteiger partial charge in [0.1, 0.15) is 5.82 Å². The van der Waals surface area contributed by atoms with E-state index in [1.165, 1.54) is 29.1 Å². The molecule has 3 N–H and O–H groups in total. The van der Waals surface area contributed by atoms with Gasteiger partial charge >= 0.3 is 0 Å². The minimum Gasteiger partial charge on any atom is -0.397 e. The Labute approximate surface area is 120 Å². The van der Waals surface area contributed by atoms with Gasteiger partial charge in [-0.25, -0.2) is 9.37 Å². The highest BCUT2D eigenvalue weighted by molar-refractivity contribution is 5.93. The Hall–Kier alpha value is -2.70. The third-order valence-corrected chi connectivity index (χ3v) is 2.88. The highest BCUT2D eigenvalue weighted by Crippen LogP contribution is 2.19. The van der Waals surface area contributed by atoms with Gasteiger partial charge in [0.15, 0.2) is 0 Å². The normalized spacial score (nSPS) is 10.4. The van der Waals surface area contributed by atoms with E-state index in [0.717, 1.165) is 6.07 Å². The van der Waals surface area contributed by atoms with E-state index in [1.54, 1.807) is 6.92 Å². The number of hydrogen-bond acceptors (Lipinski definition) is 4. The second kappa shape index (κ2) is 6.17. The number of amides is 1. The van der Waals surface area contributed by atoms with Crippen molar-refractivity contribution in [1.82, 2.24) is 9.55 Å². The monoisotopic (exact) mass is 290 g/mol. The topological polar surface area (TPSA) is 90.0 Å². The van der Waals surface area contributed by atoms with E-state index in [-0.39, 0.29) is 30.1 Å². The van der Waals surface area contributed by atoms with E-state index >= 15 is 0 Å². The first-order valence-corrected chi connectivity index (χ1v) is 6.33. The number of hydrogen-bond donors (Lipinski definition) is 2. The van der Waals surface area contributed by atoms with Crippen molar-refractivity contribution in [3.05, 3.63) is 52.5 Å². The van der Waals surface area contributed by atoms with Crippen LogP contribution in [0.1, 0.15) is 12.1 Å². The molecule has 0 atom stereocenters. The van der Waals surface area contributed by atoms with E-state index in [9.17, 15) is 14.0 Å². The average molecular weight is 290 g/mol. The molecule has 6 nitrogen and oxygen atoms in total. The second-order valence-corrected chi connectivity index (χ2v) is 4.59. The SMILES string of the molecule is Cc1cc(=O)n(CCC(=O)Nc2ccc(F)cc2N)cn1. The van der Waals surface area contributed by atoms with Crippen LogP contribution < -0.4 is 16.6 Å². The standard InChI is InChI=1S/C14H15FN4O2/c1-9-6-14(21)19(8-17-9)5-4-13(20)18-12-3-2-10(15)7-11(12)16/h2-3,6-8H,4-5,16H2,1H3,(H,18,20). The molecule has 0 aliphatic heterocycles. The minimum atomic E-state index is -0.470.